The Balaban J connectivity index is 1.70. The van der Waals surface area contributed by atoms with Gasteiger partial charge < -0.3 is 9.26 Å². The summed E-state index contributed by atoms with van der Waals surface area (Å²) in [6.07, 6.45) is -4.21. The largest absolute Gasteiger partial charge is 0.471 e. The van der Waals surface area contributed by atoms with Crippen molar-refractivity contribution in [1.29, 1.82) is 0 Å². The van der Waals surface area contributed by atoms with Crippen molar-refractivity contribution < 1.29 is 27.2 Å². The summed E-state index contributed by atoms with van der Waals surface area (Å²) in [5, 5.41) is 3.23. The van der Waals surface area contributed by atoms with Crippen molar-refractivity contribution in [2.45, 2.75) is 6.18 Å². The molecule has 0 saturated carbocycles. The molecule has 3 aromatic rings. The van der Waals surface area contributed by atoms with Crippen LogP contribution in [0.3, 0.4) is 0 Å². The average molecular weight is 364 g/mol. The highest BCUT2D eigenvalue weighted by Gasteiger charge is 2.38. The van der Waals surface area contributed by atoms with Crippen LogP contribution < -0.4 is 9.64 Å². The smallest absolute Gasteiger partial charge is 0.408 e. The predicted octanol–water partition coefficient (Wildman–Crippen LogP) is 3.79. The van der Waals surface area contributed by atoms with Gasteiger partial charge in [-0.05, 0) is 24.3 Å². The summed E-state index contributed by atoms with van der Waals surface area (Å²) in [7, 11) is 1.54. The van der Waals surface area contributed by atoms with E-state index in [0.29, 0.717) is 5.69 Å². The fourth-order valence-electron chi connectivity index (χ4n) is 1.94. The molecule has 0 aliphatic rings. The summed E-state index contributed by atoms with van der Waals surface area (Å²) in [5.41, 5.74) is 0.675. The molecular weight excluding hydrogens is 353 g/mol. The van der Waals surface area contributed by atoms with E-state index >= 15 is 0 Å². The maximum absolute atomic E-state index is 12.5. The lowest BCUT2D eigenvalue weighted by molar-refractivity contribution is -0.159. The molecule has 134 valence electrons. The van der Waals surface area contributed by atoms with Gasteiger partial charge in [-0.25, -0.2) is 9.78 Å². The first-order chi connectivity index (χ1) is 12.3. The van der Waals surface area contributed by atoms with Gasteiger partial charge in [0.2, 0.25) is 5.82 Å². The molecule has 1 aromatic carbocycles. The highest BCUT2D eigenvalue weighted by molar-refractivity contribution is 5.88. The number of carbonyl (C=O) groups is 1. The summed E-state index contributed by atoms with van der Waals surface area (Å²) in [6, 6.07) is 11.5. The first-order valence-corrected chi connectivity index (χ1v) is 7.22. The van der Waals surface area contributed by atoms with E-state index in [1.165, 1.54) is 30.3 Å². The normalized spacial score (nSPS) is 11.2. The second-order valence-electron chi connectivity index (χ2n) is 5.06. The fraction of sp³-hybridized carbons (Fsp3) is 0.125. The Labute approximate surface area is 145 Å². The monoisotopic (exact) mass is 364 g/mol. The van der Waals surface area contributed by atoms with Gasteiger partial charge in [0.1, 0.15) is 5.69 Å². The molecule has 0 aliphatic heterocycles. The second kappa shape index (κ2) is 6.82. The van der Waals surface area contributed by atoms with Crippen LogP contribution in [0, 0.1) is 0 Å². The number of nitrogens with zero attached hydrogens (tertiary/aromatic N) is 4. The van der Waals surface area contributed by atoms with E-state index in [2.05, 4.69) is 19.6 Å². The molecular formula is C16H11F3N4O3. The van der Waals surface area contributed by atoms with Crippen LogP contribution in [0.4, 0.5) is 23.7 Å². The Morgan fingerprint density at radius 2 is 1.88 bits per heavy atom. The zero-order valence-corrected chi connectivity index (χ0v) is 13.3. The number of pyridine rings is 1. The van der Waals surface area contributed by atoms with Gasteiger partial charge in [0.25, 0.3) is 0 Å². The third kappa shape index (κ3) is 3.79. The number of hydrogen-bond donors (Lipinski definition) is 0. The van der Waals surface area contributed by atoms with Crippen LogP contribution in [-0.4, -0.2) is 28.3 Å². The summed E-state index contributed by atoms with van der Waals surface area (Å²) in [5.74, 6) is -1.67. The molecule has 2 heterocycles. The molecule has 0 bridgehead atoms. The Hall–Kier alpha value is -3.43. The molecule has 0 N–H and O–H groups in total. The van der Waals surface area contributed by atoms with Gasteiger partial charge in [-0.1, -0.05) is 23.4 Å². The minimum atomic E-state index is -4.73. The fourth-order valence-corrected chi connectivity index (χ4v) is 1.94. The lowest BCUT2D eigenvalue weighted by Crippen LogP contribution is -2.29. The summed E-state index contributed by atoms with van der Waals surface area (Å²) >= 11 is 0. The summed E-state index contributed by atoms with van der Waals surface area (Å²) < 4.78 is 46.7. The molecule has 2 aromatic heterocycles. The molecule has 3 rings (SSSR count). The van der Waals surface area contributed by atoms with Crippen molar-refractivity contribution >= 4 is 11.8 Å². The molecule has 0 unspecified atom stereocenters. The van der Waals surface area contributed by atoms with Crippen molar-refractivity contribution in [3.8, 4) is 17.3 Å². The number of hydrogen-bond acceptors (Lipinski definition) is 6. The molecule has 0 radical (unpaired) electrons. The molecule has 0 spiro atoms. The van der Waals surface area contributed by atoms with E-state index in [0.717, 1.165) is 0 Å². The van der Waals surface area contributed by atoms with E-state index < -0.39 is 18.2 Å². The van der Waals surface area contributed by atoms with Crippen LogP contribution in [0.25, 0.3) is 11.5 Å². The highest BCUT2D eigenvalue weighted by Crippen LogP contribution is 2.29. The Morgan fingerprint density at radius 1 is 1.15 bits per heavy atom. The maximum atomic E-state index is 12.5. The van der Waals surface area contributed by atoms with Gasteiger partial charge >= 0.3 is 18.2 Å². The standard InChI is InChI=1S/C16H11F3N4O3/c1-23(10-5-3-2-4-6-10)15(24)25-11-7-8-12(20-9-11)13-21-14(26-22-13)16(17,18)19/h2-9H,1H3. The van der Waals surface area contributed by atoms with Gasteiger partial charge in [-0.2, -0.15) is 18.2 Å². The molecule has 0 saturated heterocycles. The molecule has 7 nitrogen and oxygen atoms in total. The minimum Gasteiger partial charge on any atom is -0.408 e. The van der Waals surface area contributed by atoms with Gasteiger partial charge in [-0.3, -0.25) is 4.90 Å². The predicted molar refractivity (Wildman–Crippen MR) is 83.4 cm³/mol. The maximum Gasteiger partial charge on any atom is 0.471 e. The third-order valence-corrected chi connectivity index (χ3v) is 3.26. The van der Waals surface area contributed by atoms with Crippen molar-refractivity contribution in [1.82, 2.24) is 15.1 Å². The number of alkyl halides is 3. The molecule has 1 amide bonds. The van der Waals surface area contributed by atoms with Crippen molar-refractivity contribution in [3.63, 3.8) is 0 Å². The van der Waals surface area contributed by atoms with Crippen LogP contribution in [0.2, 0.25) is 0 Å². The minimum absolute atomic E-state index is 0.0421. The van der Waals surface area contributed by atoms with Crippen molar-refractivity contribution in [3.05, 3.63) is 54.6 Å². The number of anilines is 1. The van der Waals surface area contributed by atoms with E-state index in [-0.39, 0.29) is 17.3 Å². The zero-order valence-electron chi connectivity index (χ0n) is 13.3. The number of para-hydroxylation sites is 1. The van der Waals surface area contributed by atoms with Crippen LogP contribution in [0.5, 0.6) is 5.75 Å². The molecule has 26 heavy (non-hydrogen) atoms. The van der Waals surface area contributed by atoms with Crippen molar-refractivity contribution in [2.24, 2.45) is 0 Å². The quantitative estimate of drug-likeness (QED) is 0.703. The third-order valence-electron chi connectivity index (χ3n) is 3.26. The Bertz CT molecular complexity index is 895. The van der Waals surface area contributed by atoms with Gasteiger partial charge in [-0.15, -0.1) is 0 Å². The number of carbonyl (C=O) groups excluding carboxylic acids is 1. The lowest BCUT2D eigenvalue weighted by atomic mass is 10.3. The van der Waals surface area contributed by atoms with Gasteiger partial charge in [0.15, 0.2) is 5.75 Å². The Morgan fingerprint density at radius 3 is 2.46 bits per heavy atom. The van der Waals surface area contributed by atoms with E-state index in [1.54, 1.807) is 24.3 Å². The van der Waals surface area contributed by atoms with E-state index in [4.69, 9.17) is 4.74 Å². The van der Waals surface area contributed by atoms with Crippen LogP contribution >= 0.6 is 0 Å². The number of benzene rings is 1. The summed E-state index contributed by atoms with van der Waals surface area (Å²) in [6.45, 7) is 0. The molecule has 0 atom stereocenters. The van der Waals surface area contributed by atoms with Crippen molar-refractivity contribution in [2.75, 3.05) is 11.9 Å². The number of halogens is 3. The summed E-state index contributed by atoms with van der Waals surface area (Å²) in [4.78, 5) is 20.5. The number of amides is 1. The highest BCUT2D eigenvalue weighted by atomic mass is 19.4. The van der Waals surface area contributed by atoms with Crippen LogP contribution in [0.15, 0.2) is 53.2 Å². The first-order valence-electron chi connectivity index (χ1n) is 7.22. The average Bonchev–Trinajstić information content (AvgIpc) is 3.13. The lowest BCUT2D eigenvalue weighted by Gasteiger charge is -2.16. The second-order valence-corrected chi connectivity index (χ2v) is 5.06. The SMILES string of the molecule is CN(C(=O)Oc1ccc(-c2noc(C(F)(F)F)n2)nc1)c1ccccc1. The van der Waals surface area contributed by atoms with Gasteiger partial charge in [0.05, 0.1) is 6.20 Å². The van der Waals surface area contributed by atoms with E-state index in [9.17, 15) is 18.0 Å². The number of rotatable bonds is 3. The van der Waals surface area contributed by atoms with Crippen LogP contribution in [0.1, 0.15) is 5.89 Å². The zero-order chi connectivity index (χ0) is 18.7. The number of aromatic nitrogens is 3. The number of ether oxygens (including phenoxy) is 1. The topological polar surface area (TPSA) is 81.4 Å². The molecule has 0 aliphatic carbocycles. The van der Waals surface area contributed by atoms with E-state index in [1.807, 2.05) is 6.07 Å². The molecule has 10 heteroatoms. The van der Waals surface area contributed by atoms with Gasteiger partial charge in [0, 0.05) is 12.7 Å². The first kappa shape index (κ1) is 17.4. The van der Waals surface area contributed by atoms with Crippen LogP contribution in [-0.2, 0) is 6.18 Å². The molecule has 0 fully saturated rings. The Kier molecular flexibility index (Phi) is 4.57.